The minimum Gasteiger partial charge on any atom is -0.504 e. The lowest BCUT2D eigenvalue weighted by molar-refractivity contribution is -0.104. The fraction of sp³-hybridized carbons (Fsp3) is 0.609. The predicted molar refractivity (Wildman–Crippen MR) is 109 cm³/mol. The van der Waals surface area contributed by atoms with Crippen molar-refractivity contribution in [2.24, 2.45) is 17.3 Å². The van der Waals surface area contributed by atoms with Crippen molar-refractivity contribution in [3.05, 3.63) is 35.4 Å². The van der Waals surface area contributed by atoms with Crippen molar-refractivity contribution in [3.8, 4) is 11.5 Å². The monoisotopic (exact) mass is 404 g/mol. The summed E-state index contributed by atoms with van der Waals surface area (Å²) in [5.41, 5.74) is -0.353. The maximum Gasteiger partial charge on any atom is 0.338 e. The third kappa shape index (κ3) is 3.76. The van der Waals surface area contributed by atoms with Crippen molar-refractivity contribution in [3.63, 3.8) is 0 Å². The second-order valence-corrected chi connectivity index (χ2v) is 9.16. The normalized spacial score (nSPS) is 34.3. The van der Waals surface area contributed by atoms with Crippen LogP contribution in [0.25, 0.3) is 0 Å². The van der Waals surface area contributed by atoms with Gasteiger partial charge in [-0.3, -0.25) is 0 Å². The van der Waals surface area contributed by atoms with Crippen LogP contribution in [-0.4, -0.2) is 46.2 Å². The van der Waals surface area contributed by atoms with Crippen LogP contribution in [0.2, 0.25) is 0 Å². The van der Waals surface area contributed by atoms with Gasteiger partial charge >= 0.3 is 5.97 Å². The number of methoxy groups -OCH3 is 1. The summed E-state index contributed by atoms with van der Waals surface area (Å²) in [7, 11) is 1.41. The van der Waals surface area contributed by atoms with Crippen molar-refractivity contribution in [2.45, 2.75) is 64.8 Å². The van der Waals surface area contributed by atoms with Crippen LogP contribution in [0.1, 0.15) is 57.3 Å². The first kappa shape index (κ1) is 21.7. The fourth-order valence-corrected chi connectivity index (χ4v) is 5.13. The highest BCUT2D eigenvalue weighted by atomic mass is 16.5. The molecule has 1 aromatic carbocycles. The van der Waals surface area contributed by atoms with E-state index in [1.54, 1.807) is 6.08 Å². The first-order chi connectivity index (χ1) is 13.5. The summed E-state index contributed by atoms with van der Waals surface area (Å²) >= 11 is 0. The molecule has 0 aliphatic heterocycles. The standard InChI is InChI=1S/C23H32O6/c1-13(2)23(27)9-8-22(4)12-17(25)14(3)10-19(20(22)23)29-21(26)15-6-7-16(24)18(11-15)28-5/h6-7,10-11,13,17,19-20,24-25,27H,8-9,12H2,1-5H3/t17-,19-,20+,22+,23+/m0/s1. The summed E-state index contributed by atoms with van der Waals surface area (Å²) in [6, 6.07) is 4.30. The molecule has 0 bridgehead atoms. The minimum atomic E-state index is -0.993. The number of phenols is 1. The van der Waals surface area contributed by atoms with Crippen molar-refractivity contribution in [1.82, 2.24) is 0 Å². The highest BCUT2D eigenvalue weighted by Gasteiger charge is 2.60. The number of aromatic hydroxyl groups is 1. The topological polar surface area (TPSA) is 96.2 Å². The summed E-state index contributed by atoms with van der Waals surface area (Å²) in [6.07, 6.45) is 2.37. The van der Waals surface area contributed by atoms with Gasteiger partial charge in [-0.2, -0.15) is 0 Å². The number of hydrogen-bond donors (Lipinski definition) is 3. The molecule has 5 atom stereocenters. The van der Waals surface area contributed by atoms with Crippen LogP contribution in [0, 0.1) is 17.3 Å². The molecule has 0 amide bonds. The van der Waals surface area contributed by atoms with Gasteiger partial charge in [0.05, 0.1) is 24.4 Å². The van der Waals surface area contributed by atoms with Gasteiger partial charge in [0.2, 0.25) is 0 Å². The molecule has 0 spiro atoms. The van der Waals surface area contributed by atoms with E-state index in [1.807, 2.05) is 20.8 Å². The van der Waals surface area contributed by atoms with Gasteiger partial charge < -0.3 is 24.8 Å². The molecule has 0 aromatic heterocycles. The minimum absolute atomic E-state index is 0.0201. The van der Waals surface area contributed by atoms with E-state index >= 15 is 0 Å². The SMILES string of the molecule is COc1cc(C(=O)O[C@H]2C=C(C)[C@@H](O)C[C@@]3(C)CC[C@@](O)(C(C)C)[C@H]23)ccc1O. The molecule has 160 valence electrons. The summed E-state index contributed by atoms with van der Waals surface area (Å²) in [4.78, 5) is 12.9. The molecule has 0 radical (unpaired) electrons. The van der Waals surface area contributed by atoms with Gasteiger partial charge in [0.25, 0.3) is 0 Å². The average Bonchev–Trinajstić information content (AvgIpc) is 2.88. The second kappa shape index (κ2) is 7.65. The molecule has 29 heavy (non-hydrogen) atoms. The summed E-state index contributed by atoms with van der Waals surface area (Å²) in [5.74, 6) is -0.783. The molecule has 6 heteroatoms. The van der Waals surface area contributed by atoms with E-state index in [0.29, 0.717) is 12.8 Å². The molecule has 3 N–H and O–H groups in total. The van der Waals surface area contributed by atoms with E-state index < -0.39 is 23.8 Å². The van der Waals surface area contributed by atoms with Gasteiger partial charge in [0.1, 0.15) is 6.10 Å². The van der Waals surface area contributed by atoms with Gasteiger partial charge in [-0.15, -0.1) is 0 Å². The number of carbonyl (C=O) groups is 1. The van der Waals surface area contributed by atoms with E-state index in [9.17, 15) is 20.1 Å². The Morgan fingerprint density at radius 2 is 1.97 bits per heavy atom. The van der Waals surface area contributed by atoms with E-state index in [2.05, 4.69) is 6.92 Å². The number of esters is 1. The number of hydrogen-bond acceptors (Lipinski definition) is 6. The van der Waals surface area contributed by atoms with E-state index in [1.165, 1.54) is 25.3 Å². The number of phenolic OH excluding ortho intramolecular Hbond substituents is 1. The molecule has 2 aliphatic rings. The summed E-state index contributed by atoms with van der Waals surface area (Å²) in [6.45, 7) is 7.85. The van der Waals surface area contributed by atoms with E-state index in [-0.39, 0.29) is 34.3 Å². The highest BCUT2D eigenvalue weighted by Crippen LogP contribution is 2.58. The third-order valence-corrected chi connectivity index (χ3v) is 6.99. The third-order valence-electron chi connectivity index (χ3n) is 6.99. The lowest BCUT2D eigenvalue weighted by Crippen LogP contribution is -2.50. The smallest absolute Gasteiger partial charge is 0.338 e. The largest absolute Gasteiger partial charge is 0.504 e. The molecular formula is C23H32O6. The zero-order chi connectivity index (χ0) is 21.6. The molecule has 0 saturated heterocycles. The zero-order valence-electron chi connectivity index (χ0n) is 17.8. The quantitative estimate of drug-likeness (QED) is 0.525. The second-order valence-electron chi connectivity index (χ2n) is 9.16. The lowest BCUT2D eigenvalue weighted by atomic mass is 9.67. The van der Waals surface area contributed by atoms with Crippen molar-refractivity contribution in [1.29, 1.82) is 0 Å². The molecule has 1 aromatic rings. The Labute approximate surface area is 172 Å². The molecule has 1 fully saturated rings. The Hall–Kier alpha value is -2.05. The van der Waals surface area contributed by atoms with Crippen molar-refractivity contribution >= 4 is 5.97 Å². The maximum atomic E-state index is 12.9. The molecule has 3 rings (SSSR count). The number of benzene rings is 1. The van der Waals surface area contributed by atoms with Crippen LogP contribution in [-0.2, 0) is 4.74 Å². The van der Waals surface area contributed by atoms with E-state index in [4.69, 9.17) is 9.47 Å². The Bertz CT molecular complexity index is 816. The van der Waals surface area contributed by atoms with Crippen LogP contribution in [0.15, 0.2) is 29.8 Å². The maximum absolute atomic E-state index is 12.9. The first-order valence-electron chi connectivity index (χ1n) is 10.2. The van der Waals surface area contributed by atoms with E-state index in [0.717, 1.165) is 12.0 Å². The van der Waals surface area contributed by atoms with Gasteiger partial charge in [-0.05, 0) is 67.4 Å². The number of ether oxygens (including phenoxy) is 2. The lowest BCUT2D eigenvalue weighted by Gasteiger charge is -2.43. The summed E-state index contributed by atoms with van der Waals surface area (Å²) in [5, 5.41) is 31.9. The highest BCUT2D eigenvalue weighted by molar-refractivity contribution is 5.90. The number of fused-ring (bicyclic) bond motifs is 1. The number of rotatable bonds is 4. The Kier molecular flexibility index (Phi) is 5.71. The Morgan fingerprint density at radius 1 is 1.28 bits per heavy atom. The average molecular weight is 405 g/mol. The summed E-state index contributed by atoms with van der Waals surface area (Å²) < 4.78 is 11.0. The zero-order valence-corrected chi connectivity index (χ0v) is 17.8. The van der Waals surface area contributed by atoms with Crippen LogP contribution in [0.4, 0.5) is 0 Å². The predicted octanol–water partition coefficient (Wildman–Crippen LogP) is 3.44. The number of carbonyl (C=O) groups excluding carboxylic acids is 1. The molecule has 1 saturated carbocycles. The van der Waals surface area contributed by atoms with Gasteiger partial charge in [0.15, 0.2) is 11.5 Å². The van der Waals surface area contributed by atoms with Crippen molar-refractivity contribution < 1.29 is 29.6 Å². The molecule has 2 aliphatic carbocycles. The Morgan fingerprint density at radius 3 is 2.59 bits per heavy atom. The van der Waals surface area contributed by atoms with Gasteiger partial charge in [-0.1, -0.05) is 20.8 Å². The molecule has 0 unspecified atom stereocenters. The van der Waals surface area contributed by atoms with Crippen molar-refractivity contribution in [2.75, 3.05) is 7.11 Å². The molecule has 6 nitrogen and oxygen atoms in total. The van der Waals surface area contributed by atoms with Crippen LogP contribution < -0.4 is 4.74 Å². The fourth-order valence-electron chi connectivity index (χ4n) is 5.13. The van der Waals surface area contributed by atoms with Crippen LogP contribution in [0.5, 0.6) is 11.5 Å². The number of aliphatic hydroxyl groups excluding tert-OH is 1. The molecule has 0 heterocycles. The van der Waals surface area contributed by atoms with Gasteiger partial charge in [0, 0.05) is 5.92 Å². The Balaban J connectivity index is 1.99. The van der Waals surface area contributed by atoms with Crippen LogP contribution in [0.3, 0.4) is 0 Å². The van der Waals surface area contributed by atoms with Crippen LogP contribution >= 0.6 is 0 Å². The first-order valence-corrected chi connectivity index (χ1v) is 10.2. The van der Waals surface area contributed by atoms with Gasteiger partial charge in [-0.25, -0.2) is 4.79 Å². The molecular weight excluding hydrogens is 372 g/mol. The number of aliphatic hydroxyl groups is 2.